The third kappa shape index (κ3) is 4.82. The standard InChI is InChI=1S/C11H20N4O/c1-9(2)4-5-12-11(16)7-13-10-6-14-15(3)8-10/h6,8-9,13H,4-5,7H2,1-3H3,(H,12,16). The van der Waals surface area contributed by atoms with Gasteiger partial charge in [-0.3, -0.25) is 9.48 Å². The highest BCUT2D eigenvalue weighted by molar-refractivity contribution is 5.80. The molecule has 90 valence electrons. The highest BCUT2D eigenvalue weighted by Gasteiger charge is 2.02. The average Bonchev–Trinajstić information content (AvgIpc) is 2.61. The van der Waals surface area contributed by atoms with Crippen LogP contribution in [-0.2, 0) is 11.8 Å². The Hall–Kier alpha value is -1.52. The number of nitrogens with one attached hydrogen (secondary N) is 2. The highest BCUT2D eigenvalue weighted by Crippen LogP contribution is 2.01. The van der Waals surface area contributed by atoms with E-state index in [4.69, 9.17) is 0 Å². The Kier molecular flexibility index (Phi) is 4.82. The lowest BCUT2D eigenvalue weighted by atomic mass is 10.1. The zero-order chi connectivity index (χ0) is 12.0. The molecule has 0 unspecified atom stereocenters. The number of nitrogens with zero attached hydrogens (tertiary/aromatic N) is 2. The van der Waals surface area contributed by atoms with E-state index in [0.29, 0.717) is 12.5 Å². The maximum Gasteiger partial charge on any atom is 0.239 e. The molecule has 16 heavy (non-hydrogen) atoms. The van der Waals surface area contributed by atoms with E-state index in [1.54, 1.807) is 10.9 Å². The maximum absolute atomic E-state index is 11.4. The first-order chi connectivity index (χ1) is 7.58. The highest BCUT2D eigenvalue weighted by atomic mass is 16.1. The molecule has 0 aliphatic rings. The molecule has 0 aromatic carbocycles. The van der Waals surface area contributed by atoms with Crippen molar-refractivity contribution in [2.75, 3.05) is 18.4 Å². The molecule has 0 aliphatic carbocycles. The minimum Gasteiger partial charge on any atom is -0.374 e. The Morgan fingerprint density at radius 2 is 2.31 bits per heavy atom. The fourth-order valence-corrected chi connectivity index (χ4v) is 1.26. The minimum atomic E-state index is 0.0181. The van der Waals surface area contributed by atoms with E-state index >= 15 is 0 Å². The molecule has 0 bridgehead atoms. The summed E-state index contributed by atoms with van der Waals surface area (Å²) in [7, 11) is 1.84. The summed E-state index contributed by atoms with van der Waals surface area (Å²) in [6.07, 6.45) is 4.54. The van der Waals surface area contributed by atoms with Gasteiger partial charge in [-0.05, 0) is 12.3 Å². The minimum absolute atomic E-state index is 0.0181. The number of rotatable bonds is 6. The summed E-state index contributed by atoms with van der Waals surface area (Å²) in [6.45, 7) is 5.31. The summed E-state index contributed by atoms with van der Waals surface area (Å²) in [5.41, 5.74) is 0.863. The van der Waals surface area contributed by atoms with Crippen LogP contribution >= 0.6 is 0 Å². The van der Waals surface area contributed by atoms with Gasteiger partial charge in [0, 0.05) is 19.8 Å². The summed E-state index contributed by atoms with van der Waals surface area (Å²) in [6, 6.07) is 0. The lowest BCUT2D eigenvalue weighted by molar-refractivity contribution is -0.119. The van der Waals surface area contributed by atoms with Gasteiger partial charge in [0.25, 0.3) is 0 Å². The molecule has 2 N–H and O–H groups in total. The van der Waals surface area contributed by atoms with Gasteiger partial charge in [0.2, 0.25) is 5.91 Å². The van der Waals surface area contributed by atoms with Crippen molar-refractivity contribution in [3.63, 3.8) is 0 Å². The molecule has 0 spiro atoms. The topological polar surface area (TPSA) is 59.0 Å². The Bertz CT molecular complexity index is 332. The molecule has 5 nitrogen and oxygen atoms in total. The summed E-state index contributed by atoms with van der Waals surface area (Å²) in [5, 5.41) is 9.87. The second kappa shape index (κ2) is 6.15. The zero-order valence-electron chi connectivity index (χ0n) is 10.2. The number of aryl methyl sites for hydroxylation is 1. The van der Waals surface area contributed by atoms with Crippen LogP contribution in [0.5, 0.6) is 0 Å². The van der Waals surface area contributed by atoms with Crippen LogP contribution in [0.4, 0.5) is 5.69 Å². The molecular weight excluding hydrogens is 204 g/mol. The summed E-state index contributed by atoms with van der Waals surface area (Å²) in [4.78, 5) is 11.4. The second-order valence-corrected chi connectivity index (χ2v) is 4.29. The van der Waals surface area contributed by atoms with E-state index in [1.165, 1.54) is 0 Å². The van der Waals surface area contributed by atoms with Gasteiger partial charge in [-0.1, -0.05) is 13.8 Å². The molecule has 0 saturated carbocycles. The van der Waals surface area contributed by atoms with Gasteiger partial charge >= 0.3 is 0 Å². The summed E-state index contributed by atoms with van der Waals surface area (Å²) in [5.74, 6) is 0.635. The van der Waals surface area contributed by atoms with E-state index < -0.39 is 0 Å². The largest absolute Gasteiger partial charge is 0.374 e. The number of carbonyl (C=O) groups is 1. The van der Waals surface area contributed by atoms with E-state index in [-0.39, 0.29) is 5.91 Å². The Morgan fingerprint density at radius 1 is 1.56 bits per heavy atom. The molecule has 1 aromatic rings. The quantitative estimate of drug-likeness (QED) is 0.757. The first-order valence-corrected chi connectivity index (χ1v) is 5.57. The third-order valence-corrected chi connectivity index (χ3v) is 2.20. The number of hydrogen-bond donors (Lipinski definition) is 2. The van der Waals surface area contributed by atoms with E-state index in [9.17, 15) is 4.79 Å². The van der Waals surface area contributed by atoms with E-state index in [1.807, 2.05) is 13.2 Å². The van der Waals surface area contributed by atoms with E-state index in [2.05, 4.69) is 29.6 Å². The van der Waals surface area contributed by atoms with Crippen LogP contribution in [0.15, 0.2) is 12.4 Å². The van der Waals surface area contributed by atoms with Crippen molar-refractivity contribution >= 4 is 11.6 Å². The fourth-order valence-electron chi connectivity index (χ4n) is 1.26. The molecule has 0 saturated heterocycles. The maximum atomic E-state index is 11.4. The number of amides is 1. The van der Waals surface area contributed by atoms with Gasteiger partial charge in [-0.25, -0.2) is 0 Å². The number of anilines is 1. The van der Waals surface area contributed by atoms with Gasteiger partial charge in [-0.2, -0.15) is 5.10 Å². The predicted molar refractivity (Wildman–Crippen MR) is 64.2 cm³/mol. The molecule has 1 heterocycles. The Morgan fingerprint density at radius 3 is 2.88 bits per heavy atom. The van der Waals surface area contributed by atoms with E-state index in [0.717, 1.165) is 18.7 Å². The van der Waals surface area contributed by atoms with Crippen molar-refractivity contribution in [2.24, 2.45) is 13.0 Å². The van der Waals surface area contributed by atoms with Crippen molar-refractivity contribution in [1.29, 1.82) is 0 Å². The van der Waals surface area contributed by atoms with Gasteiger partial charge < -0.3 is 10.6 Å². The van der Waals surface area contributed by atoms with Crippen LogP contribution in [0.2, 0.25) is 0 Å². The van der Waals surface area contributed by atoms with Crippen LogP contribution in [0.3, 0.4) is 0 Å². The molecule has 1 rings (SSSR count). The first kappa shape index (κ1) is 12.5. The normalized spacial score (nSPS) is 10.5. The fraction of sp³-hybridized carbons (Fsp3) is 0.636. The molecule has 0 aliphatic heterocycles. The monoisotopic (exact) mass is 224 g/mol. The molecule has 1 amide bonds. The molecule has 1 aromatic heterocycles. The molecule has 0 atom stereocenters. The Balaban J connectivity index is 2.15. The smallest absolute Gasteiger partial charge is 0.239 e. The third-order valence-electron chi connectivity index (χ3n) is 2.20. The van der Waals surface area contributed by atoms with Gasteiger partial charge in [0.1, 0.15) is 0 Å². The van der Waals surface area contributed by atoms with Crippen molar-refractivity contribution in [2.45, 2.75) is 20.3 Å². The predicted octanol–water partition coefficient (Wildman–Crippen LogP) is 0.994. The van der Waals surface area contributed by atoms with Gasteiger partial charge in [-0.15, -0.1) is 0 Å². The summed E-state index contributed by atoms with van der Waals surface area (Å²) < 4.78 is 1.69. The second-order valence-electron chi connectivity index (χ2n) is 4.29. The van der Waals surface area contributed by atoms with Crippen molar-refractivity contribution in [3.05, 3.63) is 12.4 Å². The Labute approximate surface area is 96.2 Å². The van der Waals surface area contributed by atoms with Crippen LogP contribution in [-0.4, -0.2) is 28.8 Å². The zero-order valence-corrected chi connectivity index (χ0v) is 10.2. The molecule has 0 fully saturated rings. The van der Waals surface area contributed by atoms with Crippen LogP contribution in [0, 0.1) is 5.92 Å². The van der Waals surface area contributed by atoms with Crippen LogP contribution < -0.4 is 10.6 Å². The summed E-state index contributed by atoms with van der Waals surface area (Å²) >= 11 is 0. The first-order valence-electron chi connectivity index (χ1n) is 5.57. The molecular formula is C11H20N4O. The van der Waals surface area contributed by atoms with Crippen LogP contribution in [0.1, 0.15) is 20.3 Å². The average molecular weight is 224 g/mol. The van der Waals surface area contributed by atoms with Crippen molar-refractivity contribution < 1.29 is 4.79 Å². The van der Waals surface area contributed by atoms with Crippen molar-refractivity contribution in [3.8, 4) is 0 Å². The number of carbonyl (C=O) groups excluding carboxylic acids is 1. The molecule has 0 radical (unpaired) electrons. The number of hydrogen-bond acceptors (Lipinski definition) is 3. The molecule has 5 heteroatoms. The van der Waals surface area contributed by atoms with Crippen LogP contribution in [0.25, 0.3) is 0 Å². The lowest BCUT2D eigenvalue weighted by Crippen LogP contribution is -2.31. The van der Waals surface area contributed by atoms with Gasteiger partial charge in [0.15, 0.2) is 0 Å². The lowest BCUT2D eigenvalue weighted by Gasteiger charge is -2.07. The van der Waals surface area contributed by atoms with Crippen molar-refractivity contribution in [1.82, 2.24) is 15.1 Å². The SMILES string of the molecule is CC(C)CCNC(=O)CNc1cnn(C)c1. The van der Waals surface area contributed by atoms with Gasteiger partial charge in [0.05, 0.1) is 18.4 Å². The number of aromatic nitrogens is 2.